The Morgan fingerprint density at radius 3 is 1.41 bits per heavy atom. The third-order valence-electron chi connectivity index (χ3n) is 1.85. The van der Waals surface area contributed by atoms with Gasteiger partial charge in [0.1, 0.15) is 0 Å². The first-order valence-corrected chi connectivity index (χ1v) is 36.2. The van der Waals surface area contributed by atoms with E-state index in [-0.39, 0.29) is 15.9 Å². The molecule has 0 fully saturated rings. The Bertz CT molecular complexity index is 303. The first-order chi connectivity index (χ1) is 8.28. The van der Waals surface area contributed by atoms with Gasteiger partial charge in [-0.25, -0.2) is 9.97 Å². The molecule has 4 nitrogen and oxygen atoms in total. The maximum atomic E-state index is 3.86. The van der Waals surface area contributed by atoms with Gasteiger partial charge >= 0.3 is 51.2 Å². The van der Waals surface area contributed by atoms with Crippen LogP contribution >= 0.6 is 35.3 Å². The van der Waals surface area contributed by atoms with E-state index in [4.69, 9.17) is 0 Å². The number of hydrogen-bond donors (Lipinski definition) is 0. The Morgan fingerprint density at radius 1 is 0.941 bits per heavy atom. The SMILES string of the molecule is CCn1ccnc1.CCn1ccnc1.[I][Hg][I]. The summed E-state index contributed by atoms with van der Waals surface area (Å²) in [6.45, 7) is 6.20. The zero-order valence-electron chi connectivity index (χ0n) is 10.1. The summed E-state index contributed by atoms with van der Waals surface area (Å²) >= 11 is 4.85. The van der Waals surface area contributed by atoms with Crippen molar-refractivity contribution >= 4 is 35.3 Å². The normalized spacial score (nSPS) is 8.24. The Balaban J connectivity index is 0.000000247. The minimum atomic E-state index is -0.143. The zero-order chi connectivity index (χ0) is 12.9. The monoisotopic (exact) mass is 648 g/mol. The van der Waals surface area contributed by atoms with Gasteiger partial charge in [-0.05, 0) is 13.8 Å². The fraction of sp³-hybridized carbons (Fsp3) is 0.400. The van der Waals surface area contributed by atoms with Gasteiger partial charge in [0.25, 0.3) is 0 Å². The Hall–Kier alpha value is 0.815. The molecule has 92 valence electrons. The second-order valence-electron chi connectivity index (χ2n) is 2.89. The van der Waals surface area contributed by atoms with E-state index in [9.17, 15) is 0 Å². The molecule has 7 heteroatoms. The second-order valence-corrected chi connectivity index (χ2v) is 42.7. The number of aromatic nitrogens is 4. The number of aryl methyl sites for hydroxylation is 2. The van der Waals surface area contributed by atoms with Crippen LogP contribution in [0.2, 0.25) is 0 Å². The molecule has 0 aliphatic carbocycles. The molecule has 0 aliphatic rings. The number of hydrogen-bond acceptors (Lipinski definition) is 2. The third kappa shape index (κ3) is 10.4. The Labute approximate surface area is 133 Å². The summed E-state index contributed by atoms with van der Waals surface area (Å²) in [7, 11) is 0. The molecule has 2 rings (SSSR count). The van der Waals surface area contributed by atoms with E-state index in [0.717, 1.165) is 13.1 Å². The van der Waals surface area contributed by atoms with Crippen molar-refractivity contribution < 1.29 is 15.9 Å². The molecule has 0 N–H and O–H groups in total. The summed E-state index contributed by atoms with van der Waals surface area (Å²) in [4.78, 5) is 7.71. The molecule has 2 aromatic rings. The van der Waals surface area contributed by atoms with Crippen molar-refractivity contribution in [2.24, 2.45) is 0 Å². The van der Waals surface area contributed by atoms with Gasteiger partial charge in [0.05, 0.1) is 12.7 Å². The fourth-order valence-electron chi connectivity index (χ4n) is 0.948. The van der Waals surface area contributed by atoms with Crippen molar-refractivity contribution in [3.63, 3.8) is 0 Å². The average molecular weight is 647 g/mol. The van der Waals surface area contributed by atoms with E-state index in [1.54, 1.807) is 25.0 Å². The van der Waals surface area contributed by atoms with E-state index < -0.39 is 0 Å². The summed E-state index contributed by atoms with van der Waals surface area (Å²) < 4.78 is 4.03. The standard InChI is InChI=1S/2C5H8N2.Hg.2HI/c2*1-2-7-4-3-6-5-7;;;/h2*3-5H,2H2,1H3;;2*1H/q;;+2;;/p-2. The van der Waals surface area contributed by atoms with Gasteiger partial charge in [-0.15, -0.1) is 0 Å². The van der Waals surface area contributed by atoms with Crippen molar-refractivity contribution in [3.05, 3.63) is 37.4 Å². The molecule has 0 saturated carbocycles. The minimum absolute atomic E-state index is 0.143. The van der Waals surface area contributed by atoms with Gasteiger partial charge in [0.15, 0.2) is 0 Å². The van der Waals surface area contributed by atoms with Crippen LogP contribution in [0.15, 0.2) is 37.4 Å². The zero-order valence-corrected chi connectivity index (χ0v) is 19.9. The molecule has 2 heterocycles. The number of halogens is 2. The molecule has 0 atom stereocenters. The Kier molecular flexibility index (Phi) is 13.9. The van der Waals surface area contributed by atoms with Crippen LogP contribution in [0.1, 0.15) is 13.8 Å². The molecule has 0 spiro atoms. The van der Waals surface area contributed by atoms with Gasteiger partial charge in [-0.2, -0.15) is 0 Å². The van der Waals surface area contributed by atoms with Crippen LogP contribution < -0.4 is 0 Å². The van der Waals surface area contributed by atoms with Crippen molar-refractivity contribution in [3.8, 4) is 0 Å². The van der Waals surface area contributed by atoms with Gasteiger partial charge in [-0.3, -0.25) is 0 Å². The summed E-state index contributed by atoms with van der Waals surface area (Å²) in [5.74, 6) is 0. The quantitative estimate of drug-likeness (QED) is 0.370. The maximum absolute atomic E-state index is 3.86. The Morgan fingerprint density at radius 2 is 1.29 bits per heavy atom. The summed E-state index contributed by atoms with van der Waals surface area (Å²) in [6.07, 6.45) is 11.1. The molecule has 2 aromatic heterocycles. The molecule has 0 amide bonds. The van der Waals surface area contributed by atoms with Crippen LogP contribution in [0, 0.1) is 0 Å². The first-order valence-electron chi connectivity index (χ1n) is 5.31. The van der Waals surface area contributed by atoms with Crippen molar-refractivity contribution in [2.75, 3.05) is 0 Å². The van der Waals surface area contributed by atoms with Crippen molar-refractivity contribution in [1.82, 2.24) is 19.1 Å². The molecule has 0 aromatic carbocycles. The summed E-state index contributed by atoms with van der Waals surface area (Å²) in [5.41, 5.74) is 0. The van der Waals surface area contributed by atoms with Crippen LogP contribution in [0.25, 0.3) is 0 Å². The summed E-state index contributed by atoms with van der Waals surface area (Å²) in [6, 6.07) is 0. The molecular weight excluding hydrogens is 631 g/mol. The van der Waals surface area contributed by atoms with E-state index in [1.165, 1.54) is 0 Å². The number of nitrogens with zero attached hydrogens (tertiary/aromatic N) is 4. The molecule has 17 heavy (non-hydrogen) atoms. The molecule has 0 radical (unpaired) electrons. The fourth-order valence-corrected chi connectivity index (χ4v) is 0.948. The van der Waals surface area contributed by atoms with Crippen molar-refractivity contribution in [2.45, 2.75) is 26.9 Å². The van der Waals surface area contributed by atoms with E-state index in [1.807, 2.05) is 21.5 Å². The first kappa shape index (κ1) is 17.8. The average Bonchev–Trinajstić information content (AvgIpc) is 3.04. The van der Waals surface area contributed by atoms with Crippen LogP contribution in [-0.4, -0.2) is 19.1 Å². The van der Waals surface area contributed by atoms with Gasteiger partial charge < -0.3 is 9.13 Å². The molecule has 0 saturated heterocycles. The molecule has 0 unspecified atom stereocenters. The molecule has 0 aliphatic heterocycles. The topological polar surface area (TPSA) is 35.6 Å². The van der Waals surface area contributed by atoms with E-state index >= 15 is 0 Å². The number of rotatable bonds is 2. The van der Waals surface area contributed by atoms with Crippen LogP contribution in [0.4, 0.5) is 0 Å². The van der Waals surface area contributed by atoms with Crippen LogP contribution in [0.3, 0.4) is 0 Å². The molecule has 0 bridgehead atoms. The predicted molar refractivity (Wildman–Crippen MR) is 83.8 cm³/mol. The molecular formula is C10H16HgI2N4. The predicted octanol–water partition coefficient (Wildman–Crippen LogP) is 3.57. The van der Waals surface area contributed by atoms with Crippen LogP contribution in [-0.2, 0) is 29.0 Å². The second kappa shape index (κ2) is 13.3. The van der Waals surface area contributed by atoms with Crippen molar-refractivity contribution in [1.29, 1.82) is 0 Å². The van der Waals surface area contributed by atoms with Gasteiger partial charge in [0.2, 0.25) is 0 Å². The van der Waals surface area contributed by atoms with Crippen LogP contribution in [0.5, 0.6) is 0 Å². The van der Waals surface area contributed by atoms with E-state index in [2.05, 4.69) is 59.1 Å². The number of imidazole rings is 2. The van der Waals surface area contributed by atoms with Gasteiger partial charge in [0, 0.05) is 37.9 Å². The van der Waals surface area contributed by atoms with E-state index in [0.29, 0.717) is 0 Å². The summed E-state index contributed by atoms with van der Waals surface area (Å²) in [5, 5.41) is 0. The third-order valence-corrected chi connectivity index (χ3v) is 1.85. The van der Waals surface area contributed by atoms with Gasteiger partial charge in [-0.1, -0.05) is 0 Å².